The number of fused-ring (bicyclic) bond motifs is 1. The van der Waals surface area contributed by atoms with Gasteiger partial charge in [-0.2, -0.15) is 0 Å². The molecule has 0 spiro atoms. The first-order chi connectivity index (χ1) is 7.49. The number of nitrogens with zero attached hydrogens (tertiary/aromatic N) is 1. The Morgan fingerprint density at radius 1 is 1.06 bits per heavy atom. The van der Waals surface area contributed by atoms with E-state index in [0.717, 1.165) is 18.2 Å². The molecule has 0 N–H and O–H groups in total. The van der Waals surface area contributed by atoms with Crippen molar-refractivity contribution in [3.05, 3.63) is 39.8 Å². The molecule has 0 saturated carbocycles. The molecule has 2 aromatic rings. The number of aromatic nitrogens is 1. The summed E-state index contributed by atoms with van der Waals surface area (Å²) < 4.78 is 37.9. The molecule has 2 rings (SSSR count). The summed E-state index contributed by atoms with van der Waals surface area (Å²) in [5.74, 6) is -0.592. The van der Waals surface area contributed by atoms with Gasteiger partial charge < -0.3 is 0 Å². The normalized spacial score (nSPS) is 11.4. The first kappa shape index (κ1) is 11.5. The topological polar surface area (TPSA) is 12.9 Å². The fourth-order valence-corrected chi connectivity index (χ4v) is 1.85. The van der Waals surface area contributed by atoms with Crippen LogP contribution in [0.2, 0.25) is 10.0 Å². The van der Waals surface area contributed by atoms with E-state index in [-0.39, 0.29) is 20.9 Å². The summed E-state index contributed by atoms with van der Waals surface area (Å²) in [6, 6.07) is 3.11. The molecule has 0 atom stereocenters. The molecule has 0 unspecified atom stereocenters. The second kappa shape index (κ2) is 4.11. The highest BCUT2D eigenvalue weighted by molar-refractivity contribution is 6.39. The van der Waals surface area contributed by atoms with E-state index in [4.69, 9.17) is 23.2 Å². The van der Waals surface area contributed by atoms with Crippen LogP contribution in [-0.2, 0) is 0 Å². The van der Waals surface area contributed by atoms with Crippen LogP contribution in [0, 0.1) is 5.82 Å². The van der Waals surface area contributed by atoms with Crippen molar-refractivity contribution in [2.45, 2.75) is 6.43 Å². The molecule has 1 aromatic carbocycles. The van der Waals surface area contributed by atoms with Crippen LogP contribution < -0.4 is 0 Å². The van der Waals surface area contributed by atoms with Crippen LogP contribution in [0.4, 0.5) is 13.2 Å². The lowest BCUT2D eigenvalue weighted by Gasteiger charge is -2.06. The van der Waals surface area contributed by atoms with Gasteiger partial charge in [-0.3, -0.25) is 0 Å². The molecule has 84 valence electrons. The smallest absolute Gasteiger partial charge is 0.245 e. The highest BCUT2D eigenvalue weighted by Gasteiger charge is 2.14. The third kappa shape index (κ3) is 1.95. The number of hydrogen-bond donors (Lipinski definition) is 0. The van der Waals surface area contributed by atoms with Crippen molar-refractivity contribution in [1.82, 2.24) is 4.98 Å². The molecule has 1 nitrogen and oxygen atoms in total. The number of hydrogen-bond acceptors (Lipinski definition) is 1. The third-order valence-electron chi connectivity index (χ3n) is 2.02. The molecule has 6 heteroatoms. The highest BCUT2D eigenvalue weighted by Crippen LogP contribution is 2.31. The fourth-order valence-electron chi connectivity index (χ4n) is 1.34. The van der Waals surface area contributed by atoms with Crippen molar-refractivity contribution >= 4 is 34.1 Å². The van der Waals surface area contributed by atoms with Gasteiger partial charge in [-0.25, -0.2) is 18.2 Å². The minimum Gasteiger partial charge on any atom is -0.245 e. The van der Waals surface area contributed by atoms with Gasteiger partial charge in [-0.05, 0) is 18.2 Å². The van der Waals surface area contributed by atoms with Crippen LogP contribution in [0.3, 0.4) is 0 Å². The Morgan fingerprint density at radius 2 is 1.75 bits per heavy atom. The second-order valence-corrected chi connectivity index (χ2v) is 3.93. The van der Waals surface area contributed by atoms with Gasteiger partial charge in [0.2, 0.25) is 0 Å². The lowest BCUT2D eigenvalue weighted by molar-refractivity contribution is 0.146. The van der Waals surface area contributed by atoms with Gasteiger partial charge in [0.05, 0.1) is 15.6 Å². The molecule has 0 bridgehead atoms. The lowest BCUT2D eigenvalue weighted by Crippen LogP contribution is -1.93. The summed E-state index contributed by atoms with van der Waals surface area (Å²) >= 11 is 11.5. The molecule has 1 aromatic heterocycles. The van der Waals surface area contributed by atoms with E-state index in [0.29, 0.717) is 0 Å². The summed E-state index contributed by atoms with van der Waals surface area (Å²) in [6.07, 6.45) is -2.75. The molecule has 0 saturated heterocycles. The van der Waals surface area contributed by atoms with Crippen LogP contribution >= 0.6 is 23.2 Å². The zero-order valence-electron chi connectivity index (χ0n) is 7.65. The van der Waals surface area contributed by atoms with Crippen LogP contribution in [0.1, 0.15) is 12.1 Å². The van der Waals surface area contributed by atoms with Gasteiger partial charge in [-0.15, -0.1) is 0 Å². The van der Waals surface area contributed by atoms with Gasteiger partial charge in [0.15, 0.2) is 0 Å². The van der Waals surface area contributed by atoms with E-state index in [1.54, 1.807) is 0 Å². The van der Waals surface area contributed by atoms with Gasteiger partial charge in [0.25, 0.3) is 6.43 Å². The summed E-state index contributed by atoms with van der Waals surface area (Å²) in [6.45, 7) is 0. The first-order valence-corrected chi connectivity index (χ1v) is 4.98. The van der Waals surface area contributed by atoms with Crippen molar-refractivity contribution in [3.8, 4) is 0 Å². The van der Waals surface area contributed by atoms with E-state index >= 15 is 0 Å². The number of benzene rings is 1. The van der Waals surface area contributed by atoms with Crippen molar-refractivity contribution in [2.75, 3.05) is 0 Å². The van der Waals surface area contributed by atoms with Crippen molar-refractivity contribution in [2.24, 2.45) is 0 Å². The third-order valence-corrected chi connectivity index (χ3v) is 2.63. The van der Waals surface area contributed by atoms with Gasteiger partial charge >= 0.3 is 0 Å². The molecular weight excluding hydrogens is 262 g/mol. The maximum absolute atomic E-state index is 13.0. The van der Waals surface area contributed by atoms with Crippen molar-refractivity contribution < 1.29 is 13.2 Å². The maximum atomic E-state index is 13.0. The second-order valence-electron chi connectivity index (χ2n) is 3.11. The molecule has 0 amide bonds. The lowest BCUT2D eigenvalue weighted by atomic mass is 10.2. The number of rotatable bonds is 1. The molecule has 0 aliphatic rings. The van der Waals surface area contributed by atoms with Gasteiger partial charge in [0.1, 0.15) is 11.5 Å². The Labute approximate surface area is 98.8 Å². The zero-order valence-corrected chi connectivity index (χ0v) is 9.16. The average molecular weight is 266 g/mol. The Hall–Kier alpha value is -1.00. The predicted molar refractivity (Wildman–Crippen MR) is 56.7 cm³/mol. The first-order valence-electron chi connectivity index (χ1n) is 4.22. The Bertz CT molecular complexity index is 557. The highest BCUT2D eigenvalue weighted by atomic mass is 35.5. The summed E-state index contributed by atoms with van der Waals surface area (Å²) in [5.41, 5.74) is -0.406. The van der Waals surface area contributed by atoms with E-state index in [9.17, 15) is 13.2 Å². The molecule has 0 fully saturated rings. The molecule has 0 radical (unpaired) electrons. The van der Waals surface area contributed by atoms with Crippen molar-refractivity contribution in [1.29, 1.82) is 0 Å². The van der Waals surface area contributed by atoms with Gasteiger partial charge in [0, 0.05) is 5.39 Å². The minimum absolute atomic E-state index is 0.00157. The van der Waals surface area contributed by atoms with Crippen LogP contribution in [0.15, 0.2) is 18.2 Å². The molecule has 16 heavy (non-hydrogen) atoms. The molecule has 1 heterocycles. The zero-order chi connectivity index (χ0) is 11.9. The Balaban J connectivity index is 2.82. The maximum Gasteiger partial charge on any atom is 0.280 e. The summed E-state index contributed by atoms with van der Waals surface area (Å²) in [5, 5.41) is 0.178. The Morgan fingerprint density at radius 3 is 2.38 bits per heavy atom. The van der Waals surface area contributed by atoms with Crippen molar-refractivity contribution in [3.63, 3.8) is 0 Å². The summed E-state index contributed by atoms with van der Waals surface area (Å²) in [7, 11) is 0. The van der Waals surface area contributed by atoms with Gasteiger partial charge in [-0.1, -0.05) is 23.2 Å². The largest absolute Gasteiger partial charge is 0.280 e. The molecule has 0 aliphatic heterocycles. The average Bonchev–Trinajstić information content (AvgIpc) is 2.19. The van der Waals surface area contributed by atoms with Crippen LogP contribution in [0.5, 0.6) is 0 Å². The SMILES string of the molecule is Fc1cc(Cl)c2nc(C(F)F)cc(Cl)c2c1. The standard InChI is InChI=1S/C10H4Cl2F3N/c11-6-3-8(10(14)15)16-9-5(6)1-4(13)2-7(9)12/h1-3,10H. The van der Waals surface area contributed by atoms with Crippen LogP contribution in [-0.4, -0.2) is 4.98 Å². The Kier molecular flexibility index (Phi) is 2.95. The molecule has 0 aliphatic carbocycles. The quantitative estimate of drug-likeness (QED) is 0.733. The fraction of sp³-hybridized carbons (Fsp3) is 0.100. The van der Waals surface area contributed by atoms with E-state index in [1.165, 1.54) is 0 Å². The summed E-state index contributed by atoms with van der Waals surface area (Å²) in [4.78, 5) is 3.64. The number of alkyl halides is 2. The van der Waals surface area contributed by atoms with E-state index in [1.807, 2.05) is 0 Å². The monoisotopic (exact) mass is 265 g/mol. The van der Waals surface area contributed by atoms with E-state index < -0.39 is 17.9 Å². The molecular formula is C10H4Cl2F3N. The predicted octanol–water partition coefficient (Wildman–Crippen LogP) is 4.62. The number of pyridine rings is 1. The van der Waals surface area contributed by atoms with E-state index in [2.05, 4.69) is 4.98 Å². The van der Waals surface area contributed by atoms with Crippen LogP contribution in [0.25, 0.3) is 10.9 Å². The minimum atomic E-state index is -2.75. The number of halogens is 5.